The Hall–Kier alpha value is -0.820. The van der Waals surface area contributed by atoms with Crippen LogP contribution in [0.15, 0.2) is 24.3 Å². The van der Waals surface area contributed by atoms with E-state index in [9.17, 15) is 0 Å². The van der Waals surface area contributed by atoms with Crippen LogP contribution in [0.4, 0.5) is 0 Å². The van der Waals surface area contributed by atoms with E-state index in [0.29, 0.717) is 5.41 Å². The summed E-state index contributed by atoms with van der Waals surface area (Å²) in [6, 6.07) is 9.21. The molecule has 1 heteroatoms. The molecule has 3 atom stereocenters. The summed E-state index contributed by atoms with van der Waals surface area (Å²) in [7, 11) is 2.31. The van der Waals surface area contributed by atoms with Crippen LogP contribution in [-0.4, -0.2) is 25.0 Å². The molecule has 1 nitrogen and oxygen atoms in total. The van der Waals surface area contributed by atoms with E-state index in [0.717, 1.165) is 11.8 Å². The van der Waals surface area contributed by atoms with E-state index in [1.807, 2.05) is 0 Å². The van der Waals surface area contributed by atoms with E-state index < -0.39 is 0 Å². The smallest absolute Gasteiger partial charge is 0.00416 e. The molecular weight excluding hydrogens is 206 g/mol. The van der Waals surface area contributed by atoms with Crippen LogP contribution in [0.5, 0.6) is 0 Å². The second kappa shape index (κ2) is 3.35. The van der Waals surface area contributed by atoms with Gasteiger partial charge >= 0.3 is 0 Å². The molecule has 2 fully saturated rings. The molecule has 1 aromatic rings. The Labute approximate surface area is 104 Å². The van der Waals surface area contributed by atoms with E-state index in [4.69, 9.17) is 0 Å². The topological polar surface area (TPSA) is 3.24 Å². The Morgan fingerprint density at radius 1 is 1.24 bits per heavy atom. The molecule has 1 heterocycles. The standard InChI is InChI=1S/C16H21N/c1-17-10-14-7-6-13-9-16(14,11-17)8-12-4-2-3-5-15(12)13/h2-5,13-14H,6-11H2,1H3/t13?,14-,16+/m0/s1. The highest BCUT2D eigenvalue weighted by Gasteiger charge is 2.51. The number of fused-ring (bicyclic) bond motifs is 3. The molecule has 1 unspecified atom stereocenters. The fraction of sp³-hybridized carbons (Fsp3) is 0.625. The quantitative estimate of drug-likeness (QED) is 0.658. The summed E-state index contributed by atoms with van der Waals surface area (Å²) >= 11 is 0. The van der Waals surface area contributed by atoms with E-state index in [1.54, 1.807) is 11.1 Å². The van der Waals surface area contributed by atoms with Gasteiger partial charge in [-0.15, -0.1) is 0 Å². The zero-order valence-corrected chi connectivity index (χ0v) is 10.7. The van der Waals surface area contributed by atoms with Crippen molar-refractivity contribution >= 4 is 0 Å². The fourth-order valence-corrected chi connectivity index (χ4v) is 4.94. The summed E-state index contributed by atoms with van der Waals surface area (Å²) in [5.74, 6) is 1.83. The van der Waals surface area contributed by atoms with E-state index in [1.165, 1.54) is 38.8 Å². The molecule has 1 saturated heterocycles. The van der Waals surface area contributed by atoms with Crippen LogP contribution in [-0.2, 0) is 6.42 Å². The second-order valence-electron chi connectivity index (χ2n) is 6.61. The van der Waals surface area contributed by atoms with Crippen molar-refractivity contribution in [1.82, 2.24) is 4.90 Å². The minimum atomic E-state index is 0.631. The number of rotatable bonds is 0. The van der Waals surface area contributed by atoms with Crippen LogP contribution in [0.1, 0.15) is 36.3 Å². The molecule has 3 aliphatic rings. The highest BCUT2D eigenvalue weighted by molar-refractivity contribution is 5.36. The Morgan fingerprint density at radius 2 is 2.12 bits per heavy atom. The molecule has 0 radical (unpaired) electrons. The van der Waals surface area contributed by atoms with Crippen molar-refractivity contribution in [1.29, 1.82) is 0 Å². The first-order valence-corrected chi connectivity index (χ1v) is 7.03. The molecule has 1 aromatic carbocycles. The maximum atomic E-state index is 2.57. The fourth-order valence-electron chi connectivity index (χ4n) is 4.94. The monoisotopic (exact) mass is 227 g/mol. The van der Waals surface area contributed by atoms with Crippen LogP contribution in [0.2, 0.25) is 0 Å². The van der Waals surface area contributed by atoms with Gasteiger partial charge in [0.2, 0.25) is 0 Å². The minimum absolute atomic E-state index is 0.631. The zero-order valence-electron chi connectivity index (χ0n) is 10.7. The number of hydrogen-bond donors (Lipinski definition) is 0. The normalized spacial score (nSPS) is 39.8. The third-order valence-electron chi connectivity index (χ3n) is 5.54. The lowest BCUT2D eigenvalue weighted by Gasteiger charge is -2.47. The first kappa shape index (κ1) is 10.1. The maximum Gasteiger partial charge on any atom is 0.00416 e. The summed E-state index contributed by atoms with van der Waals surface area (Å²) in [6.07, 6.45) is 5.69. The van der Waals surface area contributed by atoms with Crippen molar-refractivity contribution in [3.63, 3.8) is 0 Å². The van der Waals surface area contributed by atoms with Crippen LogP contribution in [0.25, 0.3) is 0 Å². The number of nitrogens with zero attached hydrogens (tertiary/aromatic N) is 1. The predicted octanol–water partition coefficient (Wildman–Crippen LogP) is 3.06. The van der Waals surface area contributed by atoms with Crippen molar-refractivity contribution in [3.8, 4) is 0 Å². The molecule has 90 valence electrons. The third kappa shape index (κ3) is 1.35. The highest BCUT2D eigenvalue weighted by atomic mass is 15.1. The lowest BCUT2D eigenvalue weighted by atomic mass is 9.57. The molecular formula is C16H21N. The second-order valence-corrected chi connectivity index (χ2v) is 6.61. The molecule has 0 N–H and O–H groups in total. The predicted molar refractivity (Wildman–Crippen MR) is 70.2 cm³/mol. The summed E-state index contributed by atoms with van der Waals surface area (Å²) in [4.78, 5) is 2.57. The molecule has 1 aliphatic heterocycles. The summed E-state index contributed by atoms with van der Waals surface area (Å²) in [5, 5.41) is 0. The molecule has 4 rings (SSSR count). The van der Waals surface area contributed by atoms with Crippen LogP contribution < -0.4 is 0 Å². The van der Waals surface area contributed by atoms with Crippen molar-refractivity contribution in [2.24, 2.45) is 11.3 Å². The van der Waals surface area contributed by atoms with Crippen LogP contribution in [0, 0.1) is 11.3 Å². The van der Waals surface area contributed by atoms with E-state index >= 15 is 0 Å². The number of likely N-dealkylation sites (tertiary alicyclic amines) is 1. The van der Waals surface area contributed by atoms with Crippen LogP contribution in [0.3, 0.4) is 0 Å². The summed E-state index contributed by atoms with van der Waals surface area (Å²) in [6.45, 7) is 2.68. The van der Waals surface area contributed by atoms with Crippen molar-refractivity contribution < 1.29 is 0 Å². The largest absolute Gasteiger partial charge is 0.305 e. The Morgan fingerprint density at radius 3 is 3.06 bits per heavy atom. The summed E-state index contributed by atoms with van der Waals surface area (Å²) in [5.41, 5.74) is 3.96. The molecule has 1 spiro atoms. The first-order chi connectivity index (χ1) is 8.27. The zero-order chi connectivity index (χ0) is 11.5. The van der Waals surface area contributed by atoms with Gasteiger partial charge in [0.1, 0.15) is 0 Å². The average molecular weight is 227 g/mol. The average Bonchev–Trinajstić information content (AvgIpc) is 2.63. The number of hydrogen-bond acceptors (Lipinski definition) is 1. The Balaban J connectivity index is 1.80. The maximum absolute atomic E-state index is 2.57. The number of benzene rings is 1. The van der Waals surface area contributed by atoms with Crippen molar-refractivity contribution in [2.45, 2.75) is 31.6 Å². The lowest BCUT2D eigenvalue weighted by Crippen LogP contribution is -2.41. The molecule has 0 aromatic heterocycles. The SMILES string of the molecule is CN1C[C@@H]2CCC3C[C@]2(Cc2ccccc23)C1. The van der Waals surface area contributed by atoms with Gasteiger partial charge in [0.05, 0.1) is 0 Å². The van der Waals surface area contributed by atoms with Gasteiger partial charge in [-0.05, 0) is 61.1 Å². The van der Waals surface area contributed by atoms with Gasteiger partial charge in [-0.1, -0.05) is 24.3 Å². The lowest BCUT2D eigenvalue weighted by molar-refractivity contribution is 0.115. The van der Waals surface area contributed by atoms with Gasteiger partial charge < -0.3 is 4.90 Å². The van der Waals surface area contributed by atoms with Crippen molar-refractivity contribution in [2.75, 3.05) is 20.1 Å². The van der Waals surface area contributed by atoms with E-state index in [2.05, 4.69) is 36.2 Å². The molecule has 2 aliphatic carbocycles. The van der Waals surface area contributed by atoms with Gasteiger partial charge in [0, 0.05) is 13.1 Å². The minimum Gasteiger partial charge on any atom is -0.305 e. The molecule has 1 saturated carbocycles. The van der Waals surface area contributed by atoms with Gasteiger partial charge in [-0.25, -0.2) is 0 Å². The molecule has 2 bridgehead atoms. The molecule has 17 heavy (non-hydrogen) atoms. The Bertz CT molecular complexity index is 453. The van der Waals surface area contributed by atoms with Gasteiger partial charge in [0.15, 0.2) is 0 Å². The van der Waals surface area contributed by atoms with Crippen LogP contribution >= 0.6 is 0 Å². The van der Waals surface area contributed by atoms with E-state index in [-0.39, 0.29) is 0 Å². The van der Waals surface area contributed by atoms with Gasteiger partial charge in [-0.3, -0.25) is 0 Å². The first-order valence-electron chi connectivity index (χ1n) is 7.03. The van der Waals surface area contributed by atoms with Crippen molar-refractivity contribution in [3.05, 3.63) is 35.4 Å². The summed E-state index contributed by atoms with van der Waals surface area (Å²) < 4.78 is 0. The Kier molecular flexibility index (Phi) is 2.00. The van der Waals surface area contributed by atoms with Gasteiger partial charge in [-0.2, -0.15) is 0 Å². The van der Waals surface area contributed by atoms with Gasteiger partial charge in [0.25, 0.3) is 0 Å². The third-order valence-corrected chi connectivity index (χ3v) is 5.54. The highest BCUT2D eigenvalue weighted by Crippen LogP contribution is 2.56. The molecule has 0 amide bonds.